The van der Waals surface area contributed by atoms with Gasteiger partial charge in [0.15, 0.2) is 0 Å². The molecule has 1 heterocycles. The highest BCUT2D eigenvalue weighted by Crippen LogP contribution is 2.38. The number of anilines is 2. The number of nitrogens with zero attached hydrogens (tertiary/aromatic N) is 1. The molecule has 3 rings (SSSR count). The molecule has 2 N–H and O–H groups in total. The fourth-order valence-corrected chi connectivity index (χ4v) is 2.81. The lowest BCUT2D eigenvalue weighted by Crippen LogP contribution is -2.20. The lowest BCUT2D eigenvalue weighted by Gasteiger charge is -2.19. The average Bonchev–Trinajstić information content (AvgIpc) is 3.28. The van der Waals surface area contributed by atoms with Crippen LogP contribution in [-0.4, -0.2) is 17.4 Å². The summed E-state index contributed by atoms with van der Waals surface area (Å²) in [5, 5.41) is 17.2. The Balaban J connectivity index is 1.83. The van der Waals surface area contributed by atoms with E-state index in [9.17, 15) is 14.9 Å². The molecule has 1 aromatic rings. The smallest absolute Gasteiger partial charge is 0.294 e. The first-order valence-corrected chi connectivity index (χ1v) is 7.39. The van der Waals surface area contributed by atoms with Crippen LogP contribution in [0.25, 0.3) is 0 Å². The second kappa shape index (κ2) is 5.35. The average molecular weight is 289 g/mol. The van der Waals surface area contributed by atoms with Gasteiger partial charge in [-0.05, 0) is 42.7 Å². The van der Waals surface area contributed by atoms with Crippen LogP contribution in [0.3, 0.4) is 0 Å². The van der Waals surface area contributed by atoms with E-state index < -0.39 is 4.92 Å². The number of carbonyl (C=O) groups excluding carboxylic acids is 1. The molecule has 112 valence electrons. The molecule has 0 saturated heterocycles. The topological polar surface area (TPSA) is 84.3 Å². The van der Waals surface area contributed by atoms with Gasteiger partial charge in [-0.15, -0.1) is 0 Å². The van der Waals surface area contributed by atoms with Gasteiger partial charge < -0.3 is 10.6 Å². The zero-order valence-corrected chi connectivity index (χ0v) is 12.0. The van der Waals surface area contributed by atoms with Crippen molar-refractivity contribution in [2.45, 2.75) is 32.6 Å². The minimum atomic E-state index is -0.398. The van der Waals surface area contributed by atoms with Crippen molar-refractivity contribution < 1.29 is 9.72 Å². The standard InChI is InChI=1S/C15H19N3O3/c1-9(10-2-3-10)8-16-13-6-11-4-5-15(19)17-12(11)7-14(13)18(20)21/h6-7,9-10,16H,2-5,8H2,1H3,(H,17,19). The monoisotopic (exact) mass is 289 g/mol. The van der Waals surface area contributed by atoms with Crippen molar-refractivity contribution in [2.24, 2.45) is 11.8 Å². The number of benzene rings is 1. The summed E-state index contributed by atoms with van der Waals surface area (Å²) < 4.78 is 0. The Kier molecular flexibility index (Phi) is 3.53. The van der Waals surface area contributed by atoms with E-state index >= 15 is 0 Å². The van der Waals surface area contributed by atoms with Gasteiger partial charge in [-0.1, -0.05) is 6.92 Å². The first kappa shape index (κ1) is 13.9. The van der Waals surface area contributed by atoms with E-state index in [1.165, 1.54) is 18.9 Å². The molecular weight excluding hydrogens is 270 g/mol. The minimum Gasteiger partial charge on any atom is -0.379 e. The number of aryl methyl sites for hydroxylation is 1. The van der Waals surface area contributed by atoms with E-state index in [0.717, 1.165) is 18.0 Å². The molecule has 1 atom stereocenters. The third-order valence-corrected chi connectivity index (χ3v) is 4.35. The van der Waals surface area contributed by atoms with Gasteiger partial charge in [-0.2, -0.15) is 0 Å². The largest absolute Gasteiger partial charge is 0.379 e. The van der Waals surface area contributed by atoms with Crippen LogP contribution in [0, 0.1) is 22.0 Å². The van der Waals surface area contributed by atoms with E-state index in [0.29, 0.717) is 30.1 Å². The van der Waals surface area contributed by atoms with Crippen LogP contribution in [0.2, 0.25) is 0 Å². The summed E-state index contributed by atoms with van der Waals surface area (Å²) >= 11 is 0. The Hall–Kier alpha value is -2.11. The predicted octanol–water partition coefficient (Wildman–Crippen LogP) is 2.94. The van der Waals surface area contributed by atoms with Crippen molar-refractivity contribution in [3.05, 3.63) is 27.8 Å². The van der Waals surface area contributed by atoms with Crippen LogP contribution >= 0.6 is 0 Å². The number of rotatable bonds is 5. The zero-order valence-electron chi connectivity index (χ0n) is 12.0. The Bertz CT molecular complexity index is 596. The van der Waals surface area contributed by atoms with Crippen LogP contribution < -0.4 is 10.6 Å². The van der Waals surface area contributed by atoms with Crippen molar-refractivity contribution in [1.29, 1.82) is 0 Å². The van der Waals surface area contributed by atoms with Gasteiger partial charge in [0.05, 0.1) is 10.6 Å². The Morgan fingerprint density at radius 3 is 2.86 bits per heavy atom. The summed E-state index contributed by atoms with van der Waals surface area (Å²) in [5.41, 5.74) is 2.11. The lowest BCUT2D eigenvalue weighted by molar-refractivity contribution is -0.383. The second-order valence-electron chi connectivity index (χ2n) is 6.03. The predicted molar refractivity (Wildman–Crippen MR) is 80.4 cm³/mol. The van der Waals surface area contributed by atoms with Crippen molar-refractivity contribution in [1.82, 2.24) is 0 Å². The molecule has 0 bridgehead atoms. The maximum absolute atomic E-state index is 11.4. The lowest BCUT2D eigenvalue weighted by atomic mass is 10.0. The minimum absolute atomic E-state index is 0.0268. The number of hydrogen-bond donors (Lipinski definition) is 2. The van der Waals surface area contributed by atoms with Crippen molar-refractivity contribution in [3.8, 4) is 0 Å². The van der Waals surface area contributed by atoms with Gasteiger partial charge in [0, 0.05) is 19.0 Å². The number of fused-ring (bicyclic) bond motifs is 1. The Labute approximate surface area is 123 Å². The SMILES string of the molecule is CC(CNc1cc2c(cc1[N+](=O)[O-])NC(=O)CC2)C1CC1. The Morgan fingerprint density at radius 2 is 2.19 bits per heavy atom. The number of amides is 1. The van der Waals surface area contributed by atoms with Crippen LogP contribution in [0.5, 0.6) is 0 Å². The van der Waals surface area contributed by atoms with Gasteiger partial charge in [-0.3, -0.25) is 14.9 Å². The highest BCUT2D eigenvalue weighted by molar-refractivity contribution is 5.95. The van der Waals surface area contributed by atoms with E-state index in [4.69, 9.17) is 0 Å². The first-order valence-electron chi connectivity index (χ1n) is 7.39. The van der Waals surface area contributed by atoms with E-state index in [1.54, 1.807) is 0 Å². The van der Waals surface area contributed by atoms with Crippen molar-refractivity contribution in [3.63, 3.8) is 0 Å². The molecule has 1 amide bonds. The quantitative estimate of drug-likeness (QED) is 0.644. The molecule has 1 aliphatic carbocycles. The molecule has 21 heavy (non-hydrogen) atoms. The summed E-state index contributed by atoms with van der Waals surface area (Å²) in [5.74, 6) is 1.20. The molecule has 6 nitrogen and oxygen atoms in total. The molecule has 0 aromatic heterocycles. The first-order chi connectivity index (χ1) is 10.0. The number of nitro benzene ring substituents is 1. The molecule has 0 spiro atoms. The number of hydrogen-bond acceptors (Lipinski definition) is 4. The summed E-state index contributed by atoms with van der Waals surface area (Å²) in [6.45, 7) is 2.92. The fraction of sp³-hybridized carbons (Fsp3) is 0.533. The molecule has 2 aliphatic rings. The van der Waals surface area contributed by atoms with Crippen LogP contribution in [-0.2, 0) is 11.2 Å². The summed E-state index contributed by atoms with van der Waals surface area (Å²) in [4.78, 5) is 22.2. The molecule has 1 aliphatic heterocycles. The van der Waals surface area contributed by atoms with Gasteiger partial charge >= 0.3 is 0 Å². The third-order valence-electron chi connectivity index (χ3n) is 4.35. The number of carbonyl (C=O) groups is 1. The zero-order chi connectivity index (χ0) is 15.0. The molecule has 1 fully saturated rings. The van der Waals surface area contributed by atoms with E-state index in [2.05, 4.69) is 17.6 Å². The van der Waals surface area contributed by atoms with E-state index in [-0.39, 0.29) is 11.6 Å². The maximum atomic E-state index is 11.4. The maximum Gasteiger partial charge on any atom is 0.294 e. The van der Waals surface area contributed by atoms with Gasteiger partial charge in [0.1, 0.15) is 5.69 Å². The number of nitro groups is 1. The van der Waals surface area contributed by atoms with Gasteiger partial charge in [-0.25, -0.2) is 0 Å². The summed E-state index contributed by atoms with van der Waals surface area (Å²) in [6, 6.07) is 3.28. The summed E-state index contributed by atoms with van der Waals surface area (Å²) in [7, 11) is 0. The highest BCUT2D eigenvalue weighted by Gasteiger charge is 2.28. The van der Waals surface area contributed by atoms with Crippen molar-refractivity contribution >= 4 is 23.0 Å². The molecule has 6 heteroatoms. The van der Waals surface area contributed by atoms with Gasteiger partial charge in [0.2, 0.25) is 5.91 Å². The molecule has 0 radical (unpaired) electrons. The molecular formula is C15H19N3O3. The van der Waals surface area contributed by atoms with Crippen LogP contribution in [0.15, 0.2) is 12.1 Å². The molecule has 1 saturated carbocycles. The van der Waals surface area contributed by atoms with E-state index in [1.807, 2.05) is 6.07 Å². The van der Waals surface area contributed by atoms with Crippen molar-refractivity contribution in [2.75, 3.05) is 17.2 Å². The molecule has 1 unspecified atom stereocenters. The fourth-order valence-electron chi connectivity index (χ4n) is 2.81. The third kappa shape index (κ3) is 2.99. The highest BCUT2D eigenvalue weighted by atomic mass is 16.6. The normalized spacial score (nSPS) is 18.6. The molecule has 1 aromatic carbocycles. The van der Waals surface area contributed by atoms with Crippen LogP contribution in [0.1, 0.15) is 31.7 Å². The van der Waals surface area contributed by atoms with Crippen LogP contribution in [0.4, 0.5) is 17.1 Å². The second-order valence-corrected chi connectivity index (χ2v) is 6.03. The summed E-state index contributed by atoms with van der Waals surface area (Å²) in [6.07, 6.45) is 3.59. The Morgan fingerprint density at radius 1 is 1.43 bits per heavy atom. The number of nitrogens with one attached hydrogen (secondary N) is 2. The van der Waals surface area contributed by atoms with Gasteiger partial charge in [0.25, 0.3) is 5.69 Å².